The lowest BCUT2D eigenvalue weighted by Gasteiger charge is -2.28. The molecule has 0 radical (unpaired) electrons. The molecule has 0 N–H and O–H groups in total. The quantitative estimate of drug-likeness (QED) is 0.770. The summed E-state index contributed by atoms with van der Waals surface area (Å²) in [4.78, 5) is 2.82. The van der Waals surface area contributed by atoms with Crippen LogP contribution in [0, 0.1) is 0 Å². The van der Waals surface area contributed by atoms with Crippen LogP contribution in [-0.4, -0.2) is 14.5 Å². The molecule has 3 nitrogen and oxygen atoms in total. The predicted octanol–water partition coefficient (Wildman–Crippen LogP) is 4.55. The van der Waals surface area contributed by atoms with Crippen molar-refractivity contribution in [3.05, 3.63) is 83.9 Å². The summed E-state index contributed by atoms with van der Waals surface area (Å²) in [5, 5.41) is 0. The lowest BCUT2D eigenvalue weighted by atomic mass is 10.1. The molecule has 0 bridgehead atoms. The Morgan fingerprint density at radius 1 is 0.958 bits per heavy atom. The van der Waals surface area contributed by atoms with Gasteiger partial charge in [0.15, 0.2) is 0 Å². The highest BCUT2D eigenvalue weighted by Gasteiger charge is 2.23. The van der Waals surface area contributed by atoms with E-state index in [1.165, 1.54) is 0 Å². The molecule has 1 atom stereocenters. The predicted molar refractivity (Wildman–Crippen MR) is 98.5 cm³/mol. The summed E-state index contributed by atoms with van der Waals surface area (Å²) >= 11 is 0. The number of hydrogen-bond acceptors (Lipinski definition) is 3. The van der Waals surface area contributed by atoms with E-state index in [9.17, 15) is 8.42 Å². The molecular weight excluding hydrogens is 318 g/mol. The van der Waals surface area contributed by atoms with Crippen molar-refractivity contribution < 1.29 is 8.42 Å². The molecule has 0 saturated carbocycles. The molecule has 4 heteroatoms. The normalized spacial score (nSPS) is 22.1. The molecule has 0 amide bonds. The lowest BCUT2D eigenvalue weighted by Crippen LogP contribution is -2.28. The van der Waals surface area contributed by atoms with E-state index in [4.69, 9.17) is 0 Å². The van der Waals surface area contributed by atoms with Gasteiger partial charge in [0, 0.05) is 17.9 Å². The van der Waals surface area contributed by atoms with Crippen LogP contribution in [0.5, 0.6) is 0 Å². The third-order valence-electron chi connectivity index (χ3n) is 4.15. The number of nitrogens with zero attached hydrogens (tertiary/aromatic N) is 1. The van der Waals surface area contributed by atoms with Crippen LogP contribution in [0.3, 0.4) is 0 Å². The zero-order chi connectivity index (χ0) is 17.0. The van der Waals surface area contributed by atoms with E-state index in [0.29, 0.717) is 16.2 Å². The monoisotopic (exact) mass is 339 g/mol. The lowest BCUT2D eigenvalue weighted by molar-refractivity contribution is 0.599. The van der Waals surface area contributed by atoms with Gasteiger partial charge in [0.05, 0.1) is 9.80 Å². The van der Waals surface area contributed by atoms with Crippen LogP contribution in [0.1, 0.15) is 19.8 Å². The summed E-state index contributed by atoms with van der Waals surface area (Å²) in [6.07, 6.45) is 7.21. The molecule has 0 aromatic heterocycles. The zero-order valence-electron chi connectivity index (χ0n) is 13.7. The Morgan fingerprint density at radius 2 is 1.58 bits per heavy atom. The van der Waals surface area contributed by atoms with Gasteiger partial charge in [0.1, 0.15) is 0 Å². The maximum Gasteiger partial charge on any atom is 0.204 e. The van der Waals surface area contributed by atoms with E-state index < -0.39 is 9.84 Å². The standard InChI is InChI=1S/C20H21NO2S/c1-17-10-8-9-15-20(16-21(17)18-11-4-2-5-12-18)24(22,23)19-13-6-3-7-14-19/h2-8,10-14,16-17H,9,15H2,1H3/b10-8-,20-16+. The first-order chi connectivity index (χ1) is 11.6. The highest BCUT2D eigenvalue weighted by atomic mass is 32.2. The maximum atomic E-state index is 13.0. The number of para-hydroxylation sites is 1. The fourth-order valence-corrected chi connectivity index (χ4v) is 4.27. The summed E-state index contributed by atoms with van der Waals surface area (Å²) in [5.74, 6) is 0. The van der Waals surface area contributed by atoms with Gasteiger partial charge in [-0.2, -0.15) is 0 Å². The molecular formula is C20H21NO2S. The minimum Gasteiger partial charge on any atom is -0.340 e. The highest BCUT2D eigenvalue weighted by molar-refractivity contribution is 7.95. The molecule has 24 heavy (non-hydrogen) atoms. The van der Waals surface area contributed by atoms with Crippen LogP contribution >= 0.6 is 0 Å². The van der Waals surface area contributed by atoms with Crippen molar-refractivity contribution in [3.63, 3.8) is 0 Å². The number of allylic oxidation sites excluding steroid dienone is 2. The van der Waals surface area contributed by atoms with Crippen molar-refractivity contribution in [2.45, 2.75) is 30.7 Å². The van der Waals surface area contributed by atoms with Gasteiger partial charge in [-0.1, -0.05) is 48.6 Å². The Bertz CT molecular complexity index is 840. The molecule has 1 unspecified atom stereocenters. The van der Waals surface area contributed by atoms with E-state index in [1.807, 2.05) is 41.3 Å². The maximum absolute atomic E-state index is 13.0. The van der Waals surface area contributed by atoms with Crippen LogP contribution in [0.2, 0.25) is 0 Å². The van der Waals surface area contributed by atoms with Gasteiger partial charge < -0.3 is 4.90 Å². The number of anilines is 1. The van der Waals surface area contributed by atoms with Gasteiger partial charge in [-0.15, -0.1) is 0 Å². The summed E-state index contributed by atoms with van der Waals surface area (Å²) in [7, 11) is -3.48. The second kappa shape index (κ2) is 7.05. The van der Waals surface area contributed by atoms with Crippen LogP contribution in [-0.2, 0) is 9.84 Å². The van der Waals surface area contributed by atoms with Crippen molar-refractivity contribution >= 4 is 15.5 Å². The Morgan fingerprint density at radius 3 is 2.25 bits per heavy atom. The van der Waals surface area contributed by atoms with Crippen molar-refractivity contribution in [3.8, 4) is 0 Å². The summed E-state index contributed by atoms with van der Waals surface area (Å²) in [5.41, 5.74) is 0.984. The number of sulfone groups is 1. The summed E-state index contributed by atoms with van der Waals surface area (Å²) < 4.78 is 26.0. The molecule has 0 fully saturated rings. The van der Waals surface area contributed by atoms with Crippen molar-refractivity contribution in [1.82, 2.24) is 0 Å². The molecule has 124 valence electrons. The molecule has 0 saturated heterocycles. The molecule has 0 spiro atoms. The molecule has 1 heterocycles. The van der Waals surface area contributed by atoms with E-state index in [-0.39, 0.29) is 6.04 Å². The molecule has 1 aliphatic heterocycles. The first kappa shape index (κ1) is 16.5. The summed E-state index contributed by atoms with van der Waals surface area (Å²) in [6.45, 7) is 2.07. The Kier molecular flexibility index (Phi) is 4.86. The third kappa shape index (κ3) is 3.44. The van der Waals surface area contributed by atoms with Gasteiger partial charge >= 0.3 is 0 Å². The molecule has 2 aromatic carbocycles. The largest absolute Gasteiger partial charge is 0.340 e. The third-order valence-corrected chi connectivity index (χ3v) is 6.04. The van der Waals surface area contributed by atoms with Crippen LogP contribution in [0.25, 0.3) is 0 Å². The average Bonchev–Trinajstić information content (AvgIpc) is 2.60. The first-order valence-corrected chi connectivity index (χ1v) is 9.58. The van der Waals surface area contributed by atoms with Crippen molar-refractivity contribution in [2.75, 3.05) is 4.90 Å². The summed E-state index contributed by atoms with van der Waals surface area (Å²) in [6, 6.07) is 18.6. The first-order valence-electron chi connectivity index (χ1n) is 8.10. The zero-order valence-corrected chi connectivity index (χ0v) is 14.5. The SMILES string of the molecule is CC1/C=C\CC/C(S(=O)(=O)c2ccccc2)=C\N1c1ccccc1. The molecule has 3 rings (SSSR count). The van der Waals surface area contributed by atoms with Crippen LogP contribution in [0.15, 0.2) is 88.8 Å². The van der Waals surface area contributed by atoms with Gasteiger partial charge in [-0.05, 0) is 44.0 Å². The molecule has 1 aliphatic rings. The average molecular weight is 339 g/mol. The van der Waals surface area contributed by atoms with Gasteiger partial charge in [0.2, 0.25) is 9.84 Å². The van der Waals surface area contributed by atoms with Gasteiger partial charge in [-0.3, -0.25) is 0 Å². The van der Waals surface area contributed by atoms with Crippen LogP contribution in [0.4, 0.5) is 5.69 Å². The number of rotatable bonds is 3. The van der Waals surface area contributed by atoms with Gasteiger partial charge in [0.25, 0.3) is 0 Å². The van der Waals surface area contributed by atoms with E-state index >= 15 is 0 Å². The second-order valence-electron chi connectivity index (χ2n) is 5.86. The fourth-order valence-electron chi connectivity index (χ4n) is 2.81. The van der Waals surface area contributed by atoms with E-state index in [2.05, 4.69) is 19.1 Å². The van der Waals surface area contributed by atoms with E-state index in [0.717, 1.165) is 12.1 Å². The smallest absolute Gasteiger partial charge is 0.204 e. The van der Waals surface area contributed by atoms with Gasteiger partial charge in [-0.25, -0.2) is 8.42 Å². The van der Waals surface area contributed by atoms with Crippen LogP contribution < -0.4 is 4.90 Å². The molecule has 0 aliphatic carbocycles. The minimum atomic E-state index is -3.48. The molecule has 2 aromatic rings. The highest BCUT2D eigenvalue weighted by Crippen LogP contribution is 2.28. The number of benzene rings is 2. The van der Waals surface area contributed by atoms with Crippen molar-refractivity contribution in [1.29, 1.82) is 0 Å². The van der Waals surface area contributed by atoms with E-state index in [1.54, 1.807) is 30.5 Å². The fraction of sp³-hybridized carbons (Fsp3) is 0.200. The van der Waals surface area contributed by atoms with Crippen molar-refractivity contribution in [2.24, 2.45) is 0 Å². The Balaban J connectivity index is 2.07. The Hall–Kier alpha value is -2.33. The number of hydrogen-bond donors (Lipinski definition) is 0. The minimum absolute atomic E-state index is 0.0914. The Labute approximate surface area is 143 Å². The second-order valence-corrected chi connectivity index (χ2v) is 7.86. The topological polar surface area (TPSA) is 37.4 Å².